The van der Waals surface area contributed by atoms with E-state index < -0.39 is 16.9 Å². The van der Waals surface area contributed by atoms with Gasteiger partial charge in [0.05, 0.1) is 22.2 Å². The second-order valence-corrected chi connectivity index (χ2v) is 12.3. The second kappa shape index (κ2) is 9.76. The maximum atomic E-state index is 14.4. The molecule has 39 heavy (non-hydrogen) atoms. The Balaban J connectivity index is 1.47. The first-order chi connectivity index (χ1) is 18.7. The van der Waals surface area contributed by atoms with Crippen molar-refractivity contribution in [1.29, 1.82) is 0 Å². The van der Waals surface area contributed by atoms with Crippen LogP contribution in [-0.4, -0.2) is 27.5 Å². The molecule has 0 radical (unpaired) electrons. The molecule has 3 fully saturated rings. The third kappa shape index (κ3) is 4.44. The summed E-state index contributed by atoms with van der Waals surface area (Å²) in [7, 11) is 0. The molecule has 2 bridgehead atoms. The van der Waals surface area contributed by atoms with Crippen LogP contribution in [0.2, 0.25) is 5.02 Å². The third-order valence-electron chi connectivity index (χ3n) is 8.89. The molecule has 0 aliphatic heterocycles. The Morgan fingerprint density at radius 3 is 2.44 bits per heavy atom. The van der Waals surface area contributed by atoms with Crippen molar-refractivity contribution >= 4 is 50.3 Å². The zero-order valence-electron chi connectivity index (χ0n) is 21.5. The summed E-state index contributed by atoms with van der Waals surface area (Å²) < 4.78 is 0.870. The number of hydrogen-bond donors (Lipinski definition) is 2. The summed E-state index contributed by atoms with van der Waals surface area (Å²) in [5.74, 6) is -1.07. The molecule has 2 N–H and O–H groups in total. The van der Waals surface area contributed by atoms with Gasteiger partial charge in [-0.15, -0.1) is 0 Å². The summed E-state index contributed by atoms with van der Waals surface area (Å²) in [4.78, 5) is 31.7. The van der Waals surface area contributed by atoms with E-state index in [9.17, 15) is 14.7 Å². The Morgan fingerprint density at radius 2 is 1.74 bits per heavy atom. The van der Waals surface area contributed by atoms with Crippen LogP contribution in [0, 0.1) is 12.3 Å². The number of carboxylic acids is 1. The fraction of sp³-hybridized carbons (Fsp3) is 0.281. The van der Waals surface area contributed by atoms with Gasteiger partial charge in [-0.3, -0.25) is 9.59 Å². The first kappa shape index (κ1) is 26.0. The minimum Gasteiger partial charge on any atom is -0.481 e. The number of benzene rings is 3. The van der Waals surface area contributed by atoms with Crippen molar-refractivity contribution in [2.75, 3.05) is 0 Å². The number of aromatic nitrogens is 1. The zero-order valence-corrected chi connectivity index (χ0v) is 23.8. The van der Waals surface area contributed by atoms with Crippen molar-refractivity contribution in [2.45, 2.75) is 50.5 Å². The number of nitrogens with one attached hydrogen (secondary N) is 1. The highest BCUT2D eigenvalue weighted by Gasteiger charge is 2.58. The number of carbonyl (C=O) groups excluding carboxylic acids is 1. The number of carboxylic acid groups (broad SMARTS) is 1. The highest BCUT2D eigenvalue weighted by molar-refractivity contribution is 9.10. The predicted molar refractivity (Wildman–Crippen MR) is 157 cm³/mol. The van der Waals surface area contributed by atoms with Gasteiger partial charge in [0.2, 0.25) is 0 Å². The lowest BCUT2D eigenvalue weighted by Crippen LogP contribution is -2.62. The summed E-state index contributed by atoms with van der Waals surface area (Å²) in [6, 6.07) is 23.3. The largest absolute Gasteiger partial charge is 0.481 e. The lowest BCUT2D eigenvalue weighted by atomic mass is 9.51. The first-order valence-electron chi connectivity index (χ1n) is 13.2. The van der Waals surface area contributed by atoms with E-state index in [0.717, 1.165) is 37.8 Å². The van der Waals surface area contributed by atoms with E-state index in [2.05, 4.69) is 21.2 Å². The first-order valence-corrected chi connectivity index (χ1v) is 14.4. The minimum atomic E-state index is -0.774. The van der Waals surface area contributed by atoms with E-state index in [4.69, 9.17) is 16.6 Å². The SMILES string of the molecule is Cc1c(-c2ccccc2)nc2ccc(Br)cc2c1C(=O)NC12CCC(C(=O)O)(CC1)C[C@H]2c1cccc(Cl)c1. The van der Waals surface area contributed by atoms with Gasteiger partial charge in [0.15, 0.2) is 0 Å². The molecule has 1 aromatic heterocycles. The predicted octanol–water partition coefficient (Wildman–Crippen LogP) is 7.93. The molecule has 0 spiro atoms. The van der Waals surface area contributed by atoms with Gasteiger partial charge in [0.25, 0.3) is 5.91 Å². The van der Waals surface area contributed by atoms with Gasteiger partial charge < -0.3 is 10.4 Å². The Kier molecular flexibility index (Phi) is 6.51. The second-order valence-electron chi connectivity index (χ2n) is 11.0. The summed E-state index contributed by atoms with van der Waals surface area (Å²) >= 11 is 9.94. The van der Waals surface area contributed by atoms with Gasteiger partial charge in [-0.05, 0) is 80.5 Å². The van der Waals surface area contributed by atoms with Crippen molar-refractivity contribution in [3.05, 3.63) is 99.0 Å². The minimum absolute atomic E-state index is 0.160. The normalized spacial score (nSPS) is 24.0. The van der Waals surface area contributed by atoms with Crippen molar-refractivity contribution < 1.29 is 14.7 Å². The number of fused-ring (bicyclic) bond motifs is 4. The van der Waals surface area contributed by atoms with Crippen molar-refractivity contribution in [1.82, 2.24) is 10.3 Å². The topological polar surface area (TPSA) is 79.3 Å². The Hall–Kier alpha value is -3.22. The van der Waals surface area contributed by atoms with Crippen LogP contribution in [-0.2, 0) is 4.79 Å². The smallest absolute Gasteiger partial charge is 0.309 e. The third-order valence-corrected chi connectivity index (χ3v) is 9.62. The molecule has 3 aliphatic carbocycles. The molecule has 0 unspecified atom stereocenters. The van der Waals surface area contributed by atoms with Gasteiger partial charge in [0.1, 0.15) is 0 Å². The molecule has 3 saturated carbocycles. The van der Waals surface area contributed by atoms with E-state index >= 15 is 0 Å². The molecule has 3 aliphatic rings. The quantitative estimate of drug-likeness (QED) is 0.243. The number of halogens is 2. The van der Waals surface area contributed by atoms with Crippen LogP contribution in [0.25, 0.3) is 22.2 Å². The average Bonchev–Trinajstić information content (AvgIpc) is 2.93. The Bertz CT molecular complexity index is 1610. The zero-order chi connectivity index (χ0) is 27.4. The molecule has 1 amide bonds. The molecule has 1 atom stereocenters. The van der Waals surface area contributed by atoms with E-state index in [1.807, 2.05) is 79.7 Å². The van der Waals surface area contributed by atoms with Crippen LogP contribution in [0.15, 0.2) is 77.3 Å². The van der Waals surface area contributed by atoms with Crippen LogP contribution in [0.3, 0.4) is 0 Å². The number of pyridine rings is 1. The van der Waals surface area contributed by atoms with Crippen LogP contribution in [0.5, 0.6) is 0 Å². The molecule has 5 nitrogen and oxygen atoms in total. The molecular weight excluding hydrogens is 576 g/mol. The fourth-order valence-electron chi connectivity index (χ4n) is 6.78. The van der Waals surface area contributed by atoms with Gasteiger partial charge in [-0.2, -0.15) is 0 Å². The monoisotopic (exact) mass is 602 g/mol. The summed E-state index contributed by atoms with van der Waals surface area (Å²) in [6.45, 7) is 1.95. The molecular formula is C32H28BrClN2O3. The van der Waals surface area contributed by atoms with Crippen LogP contribution < -0.4 is 5.32 Å². The standard InChI is InChI=1S/C32H28BrClN2O3/c1-19-27(24-17-22(33)10-11-26(24)35-28(19)20-6-3-2-4-7-20)29(37)36-32-14-12-31(13-15-32,30(38)39)18-25(32)21-8-5-9-23(34)16-21/h2-11,16-17,25H,12-15,18H2,1H3,(H,36,37)(H,38,39)/t25-,31?,32?/m0/s1. The van der Waals surface area contributed by atoms with E-state index in [-0.39, 0.29) is 11.8 Å². The summed E-state index contributed by atoms with van der Waals surface area (Å²) in [5, 5.41) is 15.0. The Morgan fingerprint density at radius 1 is 1.00 bits per heavy atom. The molecule has 4 aromatic rings. The summed E-state index contributed by atoms with van der Waals surface area (Å²) in [6.07, 6.45) is 2.74. The Labute approximate surface area is 240 Å². The van der Waals surface area contributed by atoms with E-state index in [1.54, 1.807) is 0 Å². The fourth-order valence-corrected chi connectivity index (χ4v) is 7.34. The van der Waals surface area contributed by atoms with Crippen molar-refractivity contribution in [3.8, 4) is 11.3 Å². The van der Waals surface area contributed by atoms with Gasteiger partial charge in [0, 0.05) is 31.9 Å². The maximum Gasteiger partial charge on any atom is 0.309 e. The number of rotatable bonds is 5. The van der Waals surface area contributed by atoms with Gasteiger partial charge >= 0.3 is 5.97 Å². The summed E-state index contributed by atoms with van der Waals surface area (Å²) in [5.41, 5.74) is 3.50. The van der Waals surface area contributed by atoms with Crippen LogP contribution in [0.1, 0.15) is 59.5 Å². The number of amides is 1. The van der Waals surface area contributed by atoms with Crippen molar-refractivity contribution in [3.63, 3.8) is 0 Å². The van der Waals surface area contributed by atoms with Gasteiger partial charge in [-0.25, -0.2) is 4.98 Å². The average molecular weight is 604 g/mol. The number of nitrogens with zero attached hydrogens (tertiary/aromatic N) is 1. The highest BCUT2D eigenvalue weighted by Crippen LogP contribution is 2.59. The highest BCUT2D eigenvalue weighted by atomic mass is 79.9. The lowest BCUT2D eigenvalue weighted by molar-refractivity contribution is -0.157. The molecule has 198 valence electrons. The number of aliphatic carboxylic acids is 1. The number of hydrogen-bond acceptors (Lipinski definition) is 3. The van der Waals surface area contributed by atoms with Gasteiger partial charge in [-0.1, -0.05) is 70.0 Å². The number of carbonyl (C=O) groups is 2. The molecule has 1 heterocycles. The molecule has 0 saturated heterocycles. The molecule has 7 rings (SSSR count). The maximum absolute atomic E-state index is 14.4. The lowest BCUT2D eigenvalue weighted by Gasteiger charge is -2.56. The van der Waals surface area contributed by atoms with Crippen molar-refractivity contribution in [2.24, 2.45) is 5.41 Å². The van der Waals surface area contributed by atoms with Crippen LogP contribution >= 0.6 is 27.5 Å². The molecule has 7 heteroatoms. The van der Waals surface area contributed by atoms with E-state index in [0.29, 0.717) is 42.7 Å². The van der Waals surface area contributed by atoms with Crippen LogP contribution in [0.4, 0.5) is 0 Å². The molecule has 3 aromatic carbocycles. The van der Waals surface area contributed by atoms with E-state index in [1.165, 1.54) is 0 Å².